The van der Waals surface area contributed by atoms with Gasteiger partial charge in [0, 0.05) is 0 Å². The van der Waals surface area contributed by atoms with Crippen LogP contribution in [0.5, 0.6) is 0 Å². The van der Waals surface area contributed by atoms with E-state index in [1.807, 2.05) is 6.92 Å². The molecule has 7 nitrogen and oxygen atoms in total. The average molecular weight is 258 g/mol. The highest BCUT2D eigenvalue weighted by Gasteiger charge is 2.40. The van der Waals surface area contributed by atoms with Crippen molar-refractivity contribution in [3.05, 3.63) is 0 Å². The summed E-state index contributed by atoms with van der Waals surface area (Å²) >= 11 is 0. The monoisotopic (exact) mass is 258 g/mol. The van der Waals surface area contributed by atoms with Crippen molar-refractivity contribution in [3.8, 4) is 0 Å². The van der Waals surface area contributed by atoms with Gasteiger partial charge in [0.1, 0.15) is 6.04 Å². The lowest BCUT2D eigenvalue weighted by atomic mass is 9.92. The maximum absolute atomic E-state index is 12.1. The highest BCUT2D eigenvalue weighted by molar-refractivity contribution is 5.91. The second-order valence-corrected chi connectivity index (χ2v) is 4.43. The molecule has 1 fully saturated rings. The third-order valence-corrected chi connectivity index (χ3v) is 3.26. The number of carboxylic acids is 2. The van der Waals surface area contributed by atoms with Crippen LogP contribution in [-0.2, 0) is 14.4 Å². The van der Waals surface area contributed by atoms with Crippen LogP contribution in [-0.4, -0.2) is 46.2 Å². The zero-order valence-electron chi connectivity index (χ0n) is 10.2. The van der Waals surface area contributed by atoms with Crippen LogP contribution < -0.4 is 10.6 Å². The molecular formula is C11H18N2O5. The Morgan fingerprint density at radius 3 is 2.44 bits per heavy atom. The molecule has 7 heteroatoms. The molecule has 102 valence electrons. The van der Waals surface area contributed by atoms with Crippen molar-refractivity contribution in [3.63, 3.8) is 0 Å². The van der Waals surface area contributed by atoms with Gasteiger partial charge in [-0.2, -0.15) is 0 Å². The molecule has 2 unspecified atom stereocenters. The van der Waals surface area contributed by atoms with Crippen molar-refractivity contribution in [1.29, 1.82) is 0 Å². The number of rotatable bonds is 6. The Morgan fingerprint density at radius 2 is 2.06 bits per heavy atom. The molecule has 0 aliphatic carbocycles. The van der Waals surface area contributed by atoms with E-state index in [9.17, 15) is 14.4 Å². The molecule has 0 spiro atoms. The van der Waals surface area contributed by atoms with E-state index in [2.05, 4.69) is 10.6 Å². The number of hydrogen-bond acceptors (Lipinski definition) is 4. The van der Waals surface area contributed by atoms with E-state index >= 15 is 0 Å². The second-order valence-electron chi connectivity index (χ2n) is 4.43. The summed E-state index contributed by atoms with van der Waals surface area (Å²) in [6, 6.07) is -1.39. The number of hydrogen-bond donors (Lipinski definition) is 4. The third-order valence-electron chi connectivity index (χ3n) is 3.26. The summed E-state index contributed by atoms with van der Waals surface area (Å²) in [7, 11) is 0. The Labute approximate surface area is 105 Å². The average Bonchev–Trinajstić information content (AvgIpc) is 2.77. The fourth-order valence-electron chi connectivity index (χ4n) is 2.13. The van der Waals surface area contributed by atoms with Crippen LogP contribution in [0.1, 0.15) is 32.6 Å². The number of carbonyl (C=O) groups excluding carboxylic acids is 1. The van der Waals surface area contributed by atoms with Gasteiger partial charge in [0.25, 0.3) is 0 Å². The summed E-state index contributed by atoms with van der Waals surface area (Å²) in [5.41, 5.74) is -0.758. The summed E-state index contributed by atoms with van der Waals surface area (Å²) in [5.74, 6) is -3.03. The molecule has 1 aliphatic rings. The third kappa shape index (κ3) is 3.19. The molecule has 4 N–H and O–H groups in total. The summed E-state index contributed by atoms with van der Waals surface area (Å²) in [6.07, 6.45) is 1.39. The van der Waals surface area contributed by atoms with E-state index in [4.69, 9.17) is 10.2 Å². The second kappa shape index (κ2) is 5.81. The van der Waals surface area contributed by atoms with Crippen LogP contribution >= 0.6 is 0 Å². The van der Waals surface area contributed by atoms with E-state index in [1.165, 1.54) is 0 Å². The van der Waals surface area contributed by atoms with E-state index < -0.39 is 35.8 Å². The normalized spacial score (nSPS) is 24.5. The number of amides is 1. The van der Waals surface area contributed by atoms with Gasteiger partial charge in [-0.25, -0.2) is 4.79 Å². The highest BCUT2D eigenvalue weighted by Crippen LogP contribution is 2.23. The maximum Gasteiger partial charge on any atom is 0.326 e. The Balaban J connectivity index is 2.71. The van der Waals surface area contributed by atoms with Crippen molar-refractivity contribution in [1.82, 2.24) is 10.6 Å². The van der Waals surface area contributed by atoms with Gasteiger partial charge < -0.3 is 20.8 Å². The van der Waals surface area contributed by atoms with Crippen molar-refractivity contribution < 1.29 is 24.6 Å². The Bertz CT molecular complexity index is 349. The van der Waals surface area contributed by atoms with Crippen molar-refractivity contribution in [2.45, 2.75) is 44.2 Å². The molecule has 0 radical (unpaired) electrons. The van der Waals surface area contributed by atoms with Crippen LogP contribution in [0.15, 0.2) is 0 Å². The molecule has 18 heavy (non-hydrogen) atoms. The molecule has 0 saturated carbocycles. The van der Waals surface area contributed by atoms with Gasteiger partial charge in [-0.1, -0.05) is 6.92 Å². The Hall–Kier alpha value is -1.63. The van der Waals surface area contributed by atoms with Crippen LogP contribution in [0, 0.1) is 0 Å². The van der Waals surface area contributed by atoms with E-state index in [1.54, 1.807) is 0 Å². The summed E-state index contributed by atoms with van der Waals surface area (Å²) in [4.78, 5) is 33.5. The van der Waals surface area contributed by atoms with Crippen LogP contribution in [0.2, 0.25) is 0 Å². The quantitative estimate of drug-likeness (QED) is 0.513. The molecule has 0 aromatic heterocycles. The first-order chi connectivity index (χ1) is 8.41. The van der Waals surface area contributed by atoms with Crippen molar-refractivity contribution >= 4 is 17.8 Å². The molecular weight excluding hydrogens is 240 g/mol. The number of nitrogens with one attached hydrogen (secondary N) is 2. The molecule has 1 heterocycles. The number of aliphatic carboxylic acids is 2. The Kier molecular flexibility index (Phi) is 4.66. The molecule has 1 rings (SSSR count). The maximum atomic E-state index is 12.1. The number of carbonyl (C=O) groups is 3. The van der Waals surface area contributed by atoms with Gasteiger partial charge >= 0.3 is 11.9 Å². The molecule has 0 bridgehead atoms. The predicted octanol–water partition coefficient (Wildman–Crippen LogP) is -0.437. The molecule has 0 aromatic rings. The predicted molar refractivity (Wildman–Crippen MR) is 62.1 cm³/mol. The first-order valence-electron chi connectivity index (χ1n) is 5.92. The number of carboxylic acid groups (broad SMARTS) is 2. The standard InChI is InChI=1S/C11H18N2O5/c1-2-11(4-3-5-12-11)10(18)13-7(9(16)17)6-8(14)15/h7,12H,2-6H2,1H3,(H,13,18)(H,14,15)(H,16,17). The summed E-state index contributed by atoms with van der Waals surface area (Å²) in [5, 5.41) is 22.8. The van der Waals surface area contributed by atoms with Gasteiger partial charge in [0.2, 0.25) is 5.91 Å². The van der Waals surface area contributed by atoms with Gasteiger partial charge in [0.05, 0.1) is 12.0 Å². The summed E-state index contributed by atoms with van der Waals surface area (Å²) < 4.78 is 0. The first-order valence-corrected chi connectivity index (χ1v) is 5.92. The van der Waals surface area contributed by atoms with Crippen LogP contribution in [0.4, 0.5) is 0 Å². The fourth-order valence-corrected chi connectivity index (χ4v) is 2.13. The summed E-state index contributed by atoms with van der Waals surface area (Å²) in [6.45, 7) is 2.54. The zero-order chi connectivity index (χ0) is 13.8. The van der Waals surface area contributed by atoms with Gasteiger partial charge in [-0.05, 0) is 25.8 Å². The largest absolute Gasteiger partial charge is 0.481 e. The van der Waals surface area contributed by atoms with Crippen LogP contribution in [0.3, 0.4) is 0 Å². The molecule has 1 saturated heterocycles. The van der Waals surface area contributed by atoms with E-state index in [-0.39, 0.29) is 0 Å². The topological polar surface area (TPSA) is 116 Å². The van der Waals surface area contributed by atoms with Crippen molar-refractivity contribution in [2.75, 3.05) is 6.54 Å². The van der Waals surface area contributed by atoms with Crippen LogP contribution in [0.25, 0.3) is 0 Å². The molecule has 0 aromatic carbocycles. The van der Waals surface area contributed by atoms with Gasteiger partial charge in [0.15, 0.2) is 0 Å². The van der Waals surface area contributed by atoms with Crippen molar-refractivity contribution in [2.24, 2.45) is 0 Å². The SMILES string of the molecule is CCC1(C(=O)NC(CC(=O)O)C(=O)O)CCCN1. The minimum Gasteiger partial charge on any atom is -0.481 e. The highest BCUT2D eigenvalue weighted by atomic mass is 16.4. The lowest BCUT2D eigenvalue weighted by molar-refractivity contribution is -0.147. The first kappa shape index (κ1) is 14.4. The van der Waals surface area contributed by atoms with Gasteiger partial charge in [-0.3, -0.25) is 9.59 Å². The Morgan fingerprint density at radius 1 is 1.39 bits per heavy atom. The van der Waals surface area contributed by atoms with E-state index in [0.29, 0.717) is 19.4 Å². The fraction of sp³-hybridized carbons (Fsp3) is 0.727. The zero-order valence-corrected chi connectivity index (χ0v) is 10.2. The van der Waals surface area contributed by atoms with E-state index in [0.717, 1.165) is 6.42 Å². The smallest absolute Gasteiger partial charge is 0.326 e. The minimum absolute atomic E-state index is 0.434. The lowest BCUT2D eigenvalue weighted by Crippen LogP contribution is -2.57. The molecule has 2 atom stereocenters. The minimum atomic E-state index is -1.39. The molecule has 1 aliphatic heterocycles. The lowest BCUT2D eigenvalue weighted by Gasteiger charge is -2.28. The van der Waals surface area contributed by atoms with Gasteiger partial charge in [-0.15, -0.1) is 0 Å². The molecule has 1 amide bonds.